The van der Waals surface area contributed by atoms with Gasteiger partial charge in [-0.1, -0.05) is 23.7 Å². The van der Waals surface area contributed by atoms with Gasteiger partial charge in [-0.2, -0.15) is 0 Å². The minimum absolute atomic E-state index is 0.352. The van der Waals surface area contributed by atoms with Gasteiger partial charge in [-0.05, 0) is 55.4 Å². The number of hydrogen-bond acceptors (Lipinski definition) is 3. The van der Waals surface area contributed by atoms with E-state index < -0.39 is 0 Å². The molecule has 1 aliphatic heterocycles. The molecule has 1 aromatic rings. The van der Waals surface area contributed by atoms with Crippen molar-refractivity contribution < 1.29 is 5.11 Å². The first-order valence-electron chi connectivity index (χ1n) is 7.56. The molecule has 0 spiro atoms. The molecule has 0 amide bonds. The molecule has 1 aromatic carbocycles. The molecule has 1 atom stereocenters. The van der Waals surface area contributed by atoms with E-state index in [0.29, 0.717) is 24.6 Å². The van der Waals surface area contributed by atoms with E-state index >= 15 is 0 Å². The van der Waals surface area contributed by atoms with Crippen LogP contribution in [0.4, 0.5) is 0 Å². The molecule has 1 unspecified atom stereocenters. The quantitative estimate of drug-likeness (QED) is 0.884. The lowest BCUT2D eigenvalue weighted by Crippen LogP contribution is -2.37. The average molecular weight is 312 g/mol. The number of fused-ring (bicyclic) bond motifs is 1. The highest BCUT2D eigenvalue weighted by molar-refractivity contribution is 7.99. The van der Waals surface area contributed by atoms with Gasteiger partial charge in [0.05, 0.1) is 5.02 Å². The Morgan fingerprint density at radius 1 is 1.20 bits per heavy atom. The topological polar surface area (TPSA) is 32.3 Å². The minimum atomic E-state index is 0.352. The fraction of sp³-hybridized carbons (Fsp3) is 0.625. The number of rotatable bonds is 3. The molecular formula is C16H22ClNOS. The van der Waals surface area contributed by atoms with Crippen LogP contribution in [0.2, 0.25) is 5.02 Å². The molecule has 0 aromatic heterocycles. The first kappa shape index (κ1) is 14.7. The van der Waals surface area contributed by atoms with Crippen LogP contribution in [0, 0.1) is 5.92 Å². The van der Waals surface area contributed by atoms with E-state index in [4.69, 9.17) is 11.6 Å². The summed E-state index contributed by atoms with van der Waals surface area (Å²) < 4.78 is 0. The summed E-state index contributed by atoms with van der Waals surface area (Å²) in [4.78, 5) is 1.27. The van der Waals surface area contributed by atoms with Gasteiger partial charge in [0.25, 0.3) is 0 Å². The maximum absolute atomic E-state index is 9.22. The van der Waals surface area contributed by atoms with Crippen molar-refractivity contribution in [3.63, 3.8) is 0 Å². The van der Waals surface area contributed by atoms with E-state index in [-0.39, 0.29) is 0 Å². The molecule has 0 bridgehead atoms. The number of aliphatic hydroxyl groups excluding tert-OH is 1. The molecule has 1 saturated carbocycles. The summed E-state index contributed by atoms with van der Waals surface area (Å²) in [5, 5.41) is 13.9. The van der Waals surface area contributed by atoms with Gasteiger partial charge in [0, 0.05) is 23.6 Å². The van der Waals surface area contributed by atoms with Crippen molar-refractivity contribution >= 4 is 23.4 Å². The molecule has 4 heteroatoms. The van der Waals surface area contributed by atoms with Crippen molar-refractivity contribution in [1.82, 2.24) is 5.32 Å². The van der Waals surface area contributed by atoms with Gasteiger partial charge in [-0.3, -0.25) is 0 Å². The highest BCUT2D eigenvalue weighted by Crippen LogP contribution is 2.41. The SMILES string of the molecule is OCC1CCC(NC2CCSc3c(Cl)cccc32)CC1. The molecule has 0 saturated heterocycles. The summed E-state index contributed by atoms with van der Waals surface area (Å²) >= 11 is 8.19. The summed E-state index contributed by atoms with van der Waals surface area (Å²) in [7, 11) is 0. The zero-order valence-corrected chi connectivity index (χ0v) is 13.2. The second-order valence-corrected chi connectivity index (χ2v) is 7.43. The van der Waals surface area contributed by atoms with Gasteiger partial charge < -0.3 is 10.4 Å². The second kappa shape index (κ2) is 6.69. The standard InChI is InChI=1S/C16H22ClNOS/c17-14-3-1-2-13-15(8-9-20-16(13)14)18-12-6-4-11(10-19)5-7-12/h1-3,11-12,15,18-19H,4-10H2. The van der Waals surface area contributed by atoms with E-state index in [9.17, 15) is 5.11 Å². The Bertz CT molecular complexity index is 460. The third-order valence-corrected chi connectivity index (χ3v) is 6.18. The van der Waals surface area contributed by atoms with Crippen LogP contribution >= 0.6 is 23.4 Å². The lowest BCUT2D eigenvalue weighted by Gasteiger charge is -2.34. The van der Waals surface area contributed by atoms with Crippen LogP contribution in [0.15, 0.2) is 23.1 Å². The summed E-state index contributed by atoms with van der Waals surface area (Å²) in [6.45, 7) is 0.352. The largest absolute Gasteiger partial charge is 0.396 e. The number of aliphatic hydroxyl groups is 1. The third kappa shape index (κ3) is 3.16. The van der Waals surface area contributed by atoms with Crippen LogP contribution in [-0.2, 0) is 0 Å². The lowest BCUT2D eigenvalue weighted by molar-refractivity contribution is 0.171. The Labute approximate surface area is 130 Å². The van der Waals surface area contributed by atoms with Crippen LogP contribution in [0.3, 0.4) is 0 Å². The van der Waals surface area contributed by atoms with Crippen molar-refractivity contribution in [1.29, 1.82) is 0 Å². The summed E-state index contributed by atoms with van der Waals surface area (Å²) in [6.07, 6.45) is 5.85. The van der Waals surface area contributed by atoms with Crippen LogP contribution in [-0.4, -0.2) is 23.5 Å². The molecule has 2 nitrogen and oxygen atoms in total. The zero-order chi connectivity index (χ0) is 13.9. The summed E-state index contributed by atoms with van der Waals surface area (Å²) in [5.74, 6) is 1.66. The van der Waals surface area contributed by atoms with Crippen LogP contribution in [0.1, 0.15) is 43.7 Å². The number of thioether (sulfide) groups is 1. The molecule has 1 aliphatic carbocycles. The Morgan fingerprint density at radius 2 is 2.00 bits per heavy atom. The molecule has 20 heavy (non-hydrogen) atoms. The smallest absolute Gasteiger partial charge is 0.0545 e. The van der Waals surface area contributed by atoms with Crippen molar-refractivity contribution in [2.45, 2.75) is 49.1 Å². The highest BCUT2D eigenvalue weighted by atomic mass is 35.5. The predicted octanol–water partition coefficient (Wildman–Crippen LogP) is 4.02. The molecule has 0 radical (unpaired) electrons. The summed E-state index contributed by atoms with van der Waals surface area (Å²) in [6, 6.07) is 7.30. The van der Waals surface area contributed by atoms with Crippen LogP contribution in [0.5, 0.6) is 0 Å². The van der Waals surface area contributed by atoms with Gasteiger partial charge in [-0.15, -0.1) is 11.8 Å². The Balaban J connectivity index is 1.66. The van der Waals surface area contributed by atoms with Crippen LogP contribution in [0.25, 0.3) is 0 Å². The molecule has 110 valence electrons. The van der Waals surface area contributed by atoms with Gasteiger partial charge >= 0.3 is 0 Å². The number of nitrogens with one attached hydrogen (secondary N) is 1. The van der Waals surface area contributed by atoms with E-state index in [1.54, 1.807) is 0 Å². The number of hydrogen-bond donors (Lipinski definition) is 2. The van der Waals surface area contributed by atoms with E-state index in [2.05, 4.69) is 17.4 Å². The van der Waals surface area contributed by atoms with E-state index in [1.807, 2.05) is 17.8 Å². The van der Waals surface area contributed by atoms with E-state index in [1.165, 1.54) is 29.7 Å². The van der Waals surface area contributed by atoms with Gasteiger partial charge in [0.15, 0.2) is 0 Å². The highest BCUT2D eigenvalue weighted by Gasteiger charge is 2.27. The molecule has 2 aliphatic rings. The fourth-order valence-electron chi connectivity index (χ4n) is 3.36. The first-order valence-corrected chi connectivity index (χ1v) is 8.92. The second-order valence-electron chi connectivity index (χ2n) is 5.91. The monoisotopic (exact) mass is 311 g/mol. The molecule has 2 N–H and O–H groups in total. The Kier molecular flexibility index (Phi) is 4.92. The molecular weight excluding hydrogens is 290 g/mol. The average Bonchev–Trinajstić information content (AvgIpc) is 2.49. The molecule has 3 rings (SSSR count). The maximum atomic E-state index is 9.22. The van der Waals surface area contributed by atoms with Gasteiger partial charge in [0.1, 0.15) is 0 Å². The molecule has 1 fully saturated rings. The van der Waals surface area contributed by atoms with Gasteiger partial charge in [-0.25, -0.2) is 0 Å². The maximum Gasteiger partial charge on any atom is 0.0545 e. The third-order valence-electron chi connectivity index (χ3n) is 4.57. The lowest BCUT2D eigenvalue weighted by atomic mass is 9.86. The predicted molar refractivity (Wildman–Crippen MR) is 85.5 cm³/mol. The Hall–Kier alpha value is -0.220. The van der Waals surface area contributed by atoms with Crippen LogP contribution < -0.4 is 5.32 Å². The normalized spacial score (nSPS) is 30.0. The minimum Gasteiger partial charge on any atom is -0.396 e. The van der Waals surface area contributed by atoms with Crippen molar-refractivity contribution in [3.8, 4) is 0 Å². The van der Waals surface area contributed by atoms with Gasteiger partial charge in [0.2, 0.25) is 0 Å². The summed E-state index contributed by atoms with van der Waals surface area (Å²) in [5.41, 5.74) is 1.37. The number of benzene rings is 1. The van der Waals surface area contributed by atoms with Crippen molar-refractivity contribution in [3.05, 3.63) is 28.8 Å². The van der Waals surface area contributed by atoms with Crippen molar-refractivity contribution in [2.24, 2.45) is 5.92 Å². The fourth-order valence-corrected chi connectivity index (χ4v) is 4.84. The first-order chi connectivity index (χ1) is 9.78. The number of halogens is 1. The molecule has 1 heterocycles. The van der Waals surface area contributed by atoms with E-state index in [0.717, 1.165) is 23.6 Å². The zero-order valence-electron chi connectivity index (χ0n) is 11.6. The Morgan fingerprint density at radius 3 is 2.75 bits per heavy atom. The van der Waals surface area contributed by atoms with Crippen molar-refractivity contribution in [2.75, 3.05) is 12.4 Å².